The molecule has 1 aromatic heterocycles. The molecule has 0 fully saturated rings. The third kappa shape index (κ3) is 4.54. The number of nitrogens with zero attached hydrogens (tertiary/aromatic N) is 3. The van der Waals surface area contributed by atoms with E-state index >= 15 is 0 Å². The second kappa shape index (κ2) is 8.09. The summed E-state index contributed by atoms with van der Waals surface area (Å²) in [6.07, 6.45) is 2.59. The van der Waals surface area contributed by atoms with Crippen molar-refractivity contribution >= 4 is 29.9 Å². The lowest BCUT2D eigenvalue weighted by Gasteiger charge is -2.26. The van der Waals surface area contributed by atoms with Crippen molar-refractivity contribution in [2.75, 3.05) is 6.61 Å². The van der Waals surface area contributed by atoms with Gasteiger partial charge in [-0.3, -0.25) is 0 Å². The maximum absolute atomic E-state index is 6.00. The smallest absolute Gasteiger partial charge is 0.189 e. The fraction of sp³-hybridized carbons (Fsp3) is 0.312. The van der Waals surface area contributed by atoms with Crippen molar-refractivity contribution in [2.45, 2.75) is 25.9 Å². The number of ether oxygens (including phenoxy) is 1. The molecule has 0 spiro atoms. The molecular weight excluding hydrogens is 405 g/mol. The van der Waals surface area contributed by atoms with Crippen molar-refractivity contribution in [1.29, 1.82) is 0 Å². The number of benzene rings is 1. The van der Waals surface area contributed by atoms with Gasteiger partial charge in [0.15, 0.2) is 5.96 Å². The molecule has 7 heteroatoms. The molecule has 0 radical (unpaired) electrons. The minimum Gasteiger partial charge on any atom is -0.493 e. The van der Waals surface area contributed by atoms with Gasteiger partial charge >= 0.3 is 0 Å². The summed E-state index contributed by atoms with van der Waals surface area (Å²) in [5.74, 6) is 2.06. The van der Waals surface area contributed by atoms with E-state index in [-0.39, 0.29) is 30.0 Å². The van der Waals surface area contributed by atoms with Gasteiger partial charge in [0, 0.05) is 18.2 Å². The molecule has 3 N–H and O–H groups in total. The summed E-state index contributed by atoms with van der Waals surface area (Å²) in [6, 6.07) is 9.96. The standard InChI is InChI=1S/C16H19N5O.HI/c1-11-18-8-6-12(20-11)10-19-16(17)21-14-7-9-22-15-5-3-2-4-13(14)15;/h2-6,8,14H,7,9-10H2,1H3,(H3,17,19,21);1H. The number of hydrogen-bond acceptors (Lipinski definition) is 4. The predicted octanol–water partition coefficient (Wildman–Crippen LogP) is 2.33. The van der Waals surface area contributed by atoms with Crippen LogP contribution in [-0.2, 0) is 6.54 Å². The minimum absolute atomic E-state index is 0. The van der Waals surface area contributed by atoms with Gasteiger partial charge in [-0.05, 0) is 19.1 Å². The molecule has 2 heterocycles. The molecule has 0 amide bonds. The molecule has 23 heavy (non-hydrogen) atoms. The van der Waals surface area contributed by atoms with Crippen molar-refractivity contribution < 1.29 is 4.74 Å². The molecule has 0 saturated heterocycles. The Bertz CT molecular complexity index is 692. The van der Waals surface area contributed by atoms with E-state index in [1.165, 1.54) is 0 Å². The van der Waals surface area contributed by atoms with Gasteiger partial charge in [-0.25, -0.2) is 15.0 Å². The van der Waals surface area contributed by atoms with E-state index in [0.29, 0.717) is 19.1 Å². The first kappa shape index (κ1) is 17.5. The molecule has 1 atom stereocenters. The summed E-state index contributed by atoms with van der Waals surface area (Å²) < 4.78 is 5.64. The van der Waals surface area contributed by atoms with Crippen molar-refractivity contribution in [2.24, 2.45) is 10.7 Å². The summed E-state index contributed by atoms with van der Waals surface area (Å²) in [4.78, 5) is 12.7. The maximum atomic E-state index is 6.00. The van der Waals surface area contributed by atoms with E-state index in [0.717, 1.165) is 29.3 Å². The molecule has 1 unspecified atom stereocenters. The monoisotopic (exact) mass is 425 g/mol. The summed E-state index contributed by atoms with van der Waals surface area (Å²) in [6.45, 7) is 2.97. The van der Waals surface area contributed by atoms with E-state index in [9.17, 15) is 0 Å². The Morgan fingerprint density at radius 1 is 1.39 bits per heavy atom. The summed E-state index contributed by atoms with van der Waals surface area (Å²) in [7, 11) is 0. The SMILES string of the molecule is Cc1nccc(CN=C(N)NC2CCOc3ccccc32)n1.I. The molecule has 0 bridgehead atoms. The Kier molecular flexibility index (Phi) is 6.14. The minimum atomic E-state index is 0. The Hall–Kier alpha value is -1.90. The number of halogens is 1. The fourth-order valence-corrected chi connectivity index (χ4v) is 2.48. The van der Waals surface area contributed by atoms with Crippen LogP contribution in [0.4, 0.5) is 0 Å². The van der Waals surface area contributed by atoms with Crippen molar-refractivity contribution in [3.8, 4) is 5.75 Å². The lowest BCUT2D eigenvalue weighted by molar-refractivity contribution is 0.262. The normalized spacial score (nSPS) is 16.7. The molecule has 2 aromatic rings. The lowest BCUT2D eigenvalue weighted by Crippen LogP contribution is -2.37. The zero-order valence-corrected chi connectivity index (χ0v) is 15.2. The van der Waals surface area contributed by atoms with Crippen LogP contribution in [0.25, 0.3) is 0 Å². The number of aliphatic imine (C=N–C) groups is 1. The first-order valence-corrected chi connectivity index (χ1v) is 7.29. The molecular formula is C16H20IN5O. The second-order valence-corrected chi connectivity index (χ2v) is 5.17. The molecule has 0 aliphatic carbocycles. The van der Waals surface area contributed by atoms with Gasteiger partial charge in [0.25, 0.3) is 0 Å². The highest BCUT2D eigenvalue weighted by atomic mass is 127. The van der Waals surface area contributed by atoms with Crippen LogP contribution in [0.5, 0.6) is 5.75 Å². The predicted molar refractivity (Wildman–Crippen MR) is 99.9 cm³/mol. The van der Waals surface area contributed by atoms with Gasteiger partial charge in [-0.2, -0.15) is 0 Å². The molecule has 1 aliphatic heterocycles. The largest absolute Gasteiger partial charge is 0.493 e. The zero-order chi connectivity index (χ0) is 15.4. The van der Waals surface area contributed by atoms with Gasteiger partial charge in [0.1, 0.15) is 11.6 Å². The van der Waals surface area contributed by atoms with Crippen LogP contribution in [0, 0.1) is 6.92 Å². The molecule has 122 valence electrons. The van der Waals surface area contributed by atoms with Crippen molar-refractivity contribution in [3.63, 3.8) is 0 Å². The van der Waals surface area contributed by atoms with Crippen LogP contribution in [0.2, 0.25) is 0 Å². The summed E-state index contributed by atoms with van der Waals surface area (Å²) in [5, 5.41) is 3.26. The quantitative estimate of drug-likeness (QED) is 0.448. The first-order valence-electron chi connectivity index (χ1n) is 7.29. The van der Waals surface area contributed by atoms with E-state index in [1.807, 2.05) is 37.3 Å². The Morgan fingerprint density at radius 2 is 2.22 bits per heavy atom. The molecule has 6 nitrogen and oxygen atoms in total. The highest BCUT2D eigenvalue weighted by Gasteiger charge is 2.21. The van der Waals surface area contributed by atoms with E-state index in [1.54, 1.807) is 6.20 Å². The van der Waals surface area contributed by atoms with E-state index < -0.39 is 0 Å². The molecule has 3 rings (SSSR count). The number of aromatic nitrogens is 2. The highest BCUT2D eigenvalue weighted by molar-refractivity contribution is 14.0. The van der Waals surface area contributed by atoms with E-state index in [2.05, 4.69) is 20.3 Å². The number of para-hydroxylation sites is 1. The average Bonchev–Trinajstić information content (AvgIpc) is 2.53. The molecule has 0 saturated carbocycles. The number of fused-ring (bicyclic) bond motifs is 1. The second-order valence-electron chi connectivity index (χ2n) is 5.17. The highest BCUT2D eigenvalue weighted by Crippen LogP contribution is 2.31. The van der Waals surface area contributed by atoms with Crippen molar-refractivity contribution in [3.05, 3.63) is 53.6 Å². The van der Waals surface area contributed by atoms with Gasteiger partial charge in [0.2, 0.25) is 0 Å². The molecule has 1 aliphatic rings. The number of nitrogens with two attached hydrogens (primary N) is 1. The maximum Gasteiger partial charge on any atom is 0.189 e. The third-order valence-corrected chi connectivity index (χ3v) is 3.53. The van der Waals surface area contributed by atoms with Crippen LogP contribution >= 0.6 is 24.0 Å². The Balaban J connectivity index is 0.00000192. The number of hydrogen-bond donors (Lipinski definition) is 2. The fourth-order valence-electron chi connectivity index (χ4n) is 2.48. The first-order chi connectivity index (χ1) is 10.7. The van der Waals surface area contributed by atoms with E-state index in [4.69, 9.17) is 10.5 Å². The van der Waals surface area contributed by atoms with Crippen LogP contribution in [0.3, 0.4) is 0 Å². The summed E-state index contributed by atoms with van der Waals surface area (Å²) >= 11 is 0. The van der Waals surface area contributed by atoms with Gasteiger partial charge in [0.05, 0.1) is 24.9 Å². The lowest BCUT2D eigenvalue weighted by atomic mass is 10.0. The molecule has 1 aromatic carbocycles. The third-order valence-electron chi connectivity index (χ3n) is 3.53. The number of nitrogens with one attached hydrogen (secondary N) is 1. The summed E-state index contributed by atoms with van der Waals surface area (Å²) in [5.41, 5.74) is 7.97. The van der Waals surface area contributed by atoms with Gasteiger partial charge in [-0.15, -0.1) is 24.0 Å². The van der Waals surface area contributed by atoms with Crippen LogP contribution < -0.4 is 15.8 Å². The van der Waals surface area contributed by atoms with Crippen molar-refractivity contribution in [1.82, 2.24) is 15.3 Å². The van der Waals surface area contributed by atoms with Gasteiger partial charge < -0.3 is 15.8 Å². The number of guanidine groups is 1. The van der Waals surface area contributed by atoms with Crippen LogP contribution in [-0.4, -0.2) is 22.5 Å². The Labute approximate surface area is 152 Å². The number of aryl methyl sites for hydroxylation is 1. The van der Waals surface area contributed by atoms with Crippen LogP contribution in [0.1, 0.15) is 29.5 Å². The average molecular weight is 425 g/mol. The number of rotatable bonds is 3. The topological polar surface area (TPSA) is 85.4 Å². The van der Waals surface area contributed by atoms with Gasteiger partial charge in [-0.1, -0.05) is 18.2 Å². The zero-order valence-electron chi connectivity index (χ0n) is 12.9. The van der Waals surface area contributed by atoms with Crippen LogP contribution in [0.15, 0.2) is 41.5 Å². The Morgan fingerprint density at radius 3 is 3.04 bits per heavy atom.